The molecule has 0 radical (unpaired) electrons. The first-order valence-electron chi connectivity index (χ1n) is 13.2. The first kappa shape index (κ1) is 28.2. The van der Waals surface area contributed by atoms with Crippen molar-refractivity contribution < 1.29 is 34.0 Å². The van der Waals surface area contributed by atoms with Crippen LogP contribution in [0.4, 0.5) is 5.69 Å². The van der Waals surface area contributed by atoms with Gasteiger partial charge < -0.3 is 29.7 Å². The summed E-state index contributed by atoms with van der Waals surface area (Å²) in [6.07, 6.45) is 1.08. The summed E-state index contributed by atoms with van der Waals surface area (Å²) < 4.78 is 18.5. The van der Waals surface area contributed by atoms with Gasteiger partial charge in [0.05, 0.1) is 31.8 Å². The zero-order valence-corrected chi connectivity index (χ0v) is 22.0. The van der Waals surface area contributed by atoms with Crippen LogP contribution >= 0.6 is 0 Å². The number of nitrogens with zero attached hydrogens (tertiary/aromatic N) is 1. The number of aliphatic carboxylic acids is 1. The van der Waals surface area contributed by atoms with Crippen LogP contribution < -0.4 is 5.32 Å². The zero-order valence-electron chi connectivity index (χ0n) is 22.0. The standard InChI is InChI=1S/C29H38N2O7/c1-19-25(16-31-15-3-4-24(31)18-36-2)37-29(38-28(19)21-7-5-20(17-32)6-8-21)22-9-11-23(12-10-22)30-26(33)13-14-27(34)35/h5-12,19,24-25,28-29,32H,3-4,13-18H2,1-2H3,(H,30,33)(H,34,35)/t19-,24+,25+,28+,29+/m1/s1. The van der Waals surface area contributed by atoms with E-state index in [1.54, 1.807) is 19.2 Å². The van der Waals surface area contributed by atoms with Crippen molar-refractivity contribution in [1.29, 1.82) is 0 Å². The monoisotopic (exact) mass is 526 g/mol. The van der Waals surface area contributed by atoms with Gasteiger partial charge in [0.25, 0.3) is 0 Å². The lowest BCUT2D eigenvalue weighted by atomic mass is 9.90. The van der Waals surface area contributed by atoms with E-state index in [0.717, 1.165) is 42.6 Å². The lowest BCUT2D eigenvalue weighted by Gasteiger charge is -2.43. The topological polar surface area (TPSA) is 118 Å². The van der Waals surface area contributed by atoms with Crippen molar-refractivity contribution in [3.05, 3.63) is 65.2 Å². The highest BCUT2D eigenvalue weighted by Crippen LogP contribution is 2.42. The van der Waals surface area contributed by atoms with E-state index in [1.165, 1.54) is 0 Å². The van der Waals surface area contributed by atoms with Crippen LogP contribution in [0.3, 0.4) is 0 Å². The minimum absolute atomic E-state index is 0.00917. The molecule has 2 aromatic carbocycles. The molecule has 0 saturated carbocycles. The molecular weight excluding hydrogens is 488 g/mol. The van der Waals surface area contributed by atoms with Gasteiger partial charge in [-0.2, -0.15) is 0 Å². The van der Waals surface area contributed by atoms with Gasteiger partial charge in [-0.1, -0.05) is 43.3 Å². The molecule has 0 bridgehead atoms. The maximum Gasteiger partial charge on any atom is 0.303 e. The molecule has 0 spiro atoms. The second kappa shape index (κ2) is 13.3. The van der Waals surface area contributed by atoms with E-state index in [2.05, 4.69) is 17.1 Å². The Morgan fingerprint density at radius 3 is 2.42 bits per heavy atom. The molecule has 2 heterocycles. The number of carboxylic acids is 1. The predicted octanol–water partition coefficient (Wildman–Crippen LogP) is 3.88. The Hall–Kier alpha value is -2.82. The number of ether oxygens (including phenoxy) is 3. The van der Waals surface area contributed by atoms with Crippen molar-refractivity contribution in [2.24, 2.45) is 5.92 Å². The van der Waals surface area contributed by atoms with Gasteiger partial charge in [-0.25, -0.2) is 0 Å². The molecule has 2 fully saturated rings. The van der Waals surface area contributed by atoms with Gasteiger partial charge >= 0.3 is 5.97 Å². The average Bonchev–Trinajstić information content (AvgIpc) is 3.36. The number of methoxy groups -OCH3 is 1. The SMILES string of the molecule is COC[C@@H]1CCCN1C[C@@H]1O[C@H](c2ccc(NC(=O)CCC(=O)O)cc2)O[C@H](c2ccc(CO)cc2)[C@@H]1C. The summed E-state index contributed by atoms with van der Waals surface area (Å²) in [5, 5.41) is 21.0. The smallest absolute Gasteiger partial charge is 0.303 e. The molecule has 0 unspecified atom stereocenters. The van der Waals surface area contributed by atoms with E-state index in [-0.39, 0.29) is 43.5 Å². The zero-order chi connectivity index (χ0) is 27.1. The van der Waals surface area contributed by atoms with Crippen LogP contribution in [0.25, 0.3) is 0 Å². The third-order valence-electron chi connectivity index (χ3n) is 7.43. The molecule has 38 heavy (non-hydrogen) atoms. The summed E-state index contributed by atoms with van der Waals surface area (Å²) in [5.41, 5.74) is 3.30. The number of benzene rings is 2. The molecule has 0 aliphatic carbocycles. The largest absolute Gasteiger partial charge is 0.481 e. The average molecular weight is 527 g/mol. The van der Waals surface area contributed by atoms with Crippen molar-refractivity contribution in [2.45, 2.75) is 63.8 Å². The number of hydrogen-bond acceptors (Lipinski definition) is 7. The van der Waals surface area contributed by atoms with Crippen molar-refractivity contribution in [1.82, 2.24) is 4.90 Å². The Morgan fingerprint density at radius 2 is 1.76 bits per heavy atom. The number of amides is 1. The molecule has 9 nitrogen and oxygen atoms in total. The minimum Gasteiger partial charge on any atom is -0.481 e. The van der Waals surface area contributed by atoms with E-state index in [1.807, 2.05) is 36.4 Å². The first-order chi connectivity index (χ1) is 18.4. The van der Waals surface area contributed by atoms with Crippen molar-refractivity contribution in [3.63, 3.8) is 0 Å². The molecule has 3 N–H and O–H groups in total. The third kappa shape index (κ3) is 7.18. The number of carboxylic acid groups (broad SMARTS) is 1. The molecule has 1 amide bonds. The first-order valence-corrected chi connectivity index (χ1v) is 13.2. The van der Waals surface area contributed by atoms with Gasteiger partial charge in [0, 0.05) is 43.3 Å². The maximum absolute atomic E-state index is 12.0. The predicted molar refractivity (Wildman–Crippen MR) is 141 cm³/mol. The summed E-state index contributed by atoms with van der Waals surface area (Å²) in [6.45, 7) is 4.64. The summed E-state index contributed by atoms with van der Waals surface area (Å²) >= 11 is 0. The molecule has 2 saturated heterocycles. The third-order valence-corrected chi connectivity index (χ3v) is 7.43. The van der Waals surface area contributed by atoms with Gasteiger partial charge in [-0.15, -0.1) is 0 Å². The highest BCUT2D eigenvalue weighted by atomic mass is 16.7. The Bertz CT molecular complexity index is 1060. The molecule has 9 heteroatoms. The minimum atomic E-state index is -1.01. The van der Waals surface area contributed by atoms with E-state index < -0.39 is 12.3 Å². The van der Waals surface area contributed by atoms with Gasteiger partial charge in [0.1, 0.15) is 0 Å². The van der Waals surface area contributed by atoms with E-state index in [0.29, 0.717) is 18.3 Å². The molecule has 5 atom stereocenters. The molecule has 2 aromatic rings. The number of nitrogens with one attached hydrogen (secondary N) is 1. The Labute approximate surface area is 223 Å². The van der Waals surface area contributed by atoms with Crippen LogP contribution in [0.5, 0.6) is 0 Å². The second-order valence-electron chi connectivity index (χ2n) is 10.1. The van der Waals surface area contributed by atoms with Crippen LogP contribution in [0, 0.1) is 5.92 Å². The number of rotatable bonds is 11. The van der Waals surface area contributed by atoms with Crippen molar-refractivity contribution >= 4 is 17.6 Å². The van der Waals surface area contributed by atoms with Crippen molar-refractivity contribution in [2.75, 3.05) is 32.1 Å². The number of carbonyl (C=O) groups is 2. The van der Waals surface area contributed by atoms with Crippen molar-refractivity contribution in [3.8, 4) is 0 Å². The van der Waals surface area contributed by atoms with Gasteiger partial charge in [-0.3, -0.25) is 14.5 Å². The van der Waals surface area contributed by atoms with E-state index >= 15 is 0 Å². The number of aliphatic hydroxyl groups excluding tert-OH is 1. The maximum atomic E-state index is 12.0. The molecule has 2 aliphatic rings. The lowest BCUT2D eigenvalue weighted by Crippen LogP contribution is -2.46. The summed E-state index contributed by atoms with van der Waals surface area (Å²) in [7, 11) is 1.74. The fourth-order valence-corrected chi connectivity index (χ4v) is 5.24. The van der Waals surface area contributed by atoms with E-state index in [4.69, 9.17) is 19.3 Å². The number of carbonyl (C=O) groups excluding carboxylic acids is 1. The second-order valence-corrected chi connectivity index (χ2v) is 10.1. The van der Waals surface area contributed by atoms with Gasteiger partial charge in [0.2, 0.25) is 5.91 Å². The summed E-state index contributed by atoms with van der Waals surface area (Å²) in [6, 6.07) is 15.5. The van der Waals surface area contributed by atoms with Crippen LogP contribution in [0.1, 0.15) is 61.7 Å². The number of likely N-dealkylation sites (tertiary alicyclic amines) is 1. The fourth-order valence-electron chi connectivity index (χ4n) is 5.24. The molecule has 0 aromatic heterocycles. The Morgan fingerprint density at radius 1 is 1.05 bits per heavy atom. The molecule has 206 valence electrons. The van der Waals surface area contributed by atoms with Gasteiger partial charge in [-0.05, 0) is 42.6 Å². The van der Waals surface area contributed by atoms with E-state index in [9.17, 15) is 14.7 Å². The van der Waals surface area contributed by atoms with Crippen LogP contribution in [-0.2, 0) is 30.4 Å². The van der Waals surface area contributed by atoms with Gasteiger partial charge in [0.15, 0.2) is 6.29 Å². The quantitative estimate of drug-likeness (QED) is 0.404. The highest BCUT2D eigenvalue weighted by Gasteiger charge is 2.40. The molecule has 4 rings (SSSR count). The molecule has 2 aliphatic heterocycles. The summed E-state index contributed by atoms with van der Waals surface area (Å²) in [5.74, 6) is -1.27. The fraction of sp³-hybridized carbons (Fsp3) is 0.517. The normalized spacial score (nSPS) is 25.8. The van der Waals surface area contributed by atoms with Crippen LogP contribution in [0.15, 0.2) is 48.5 Å². The number of anilines is 1. The highest BCUT2D eigenvalue weighted by molar-refractivity contribution is 5.92. The Kier molecular flexibility index (Phi) is 9.87. The summed E-state index contributed by atoms with van der Waals surface area (Å²) in [4.78, 5) is 25.2. The molecular formula is C29H38N2O7. The Balaban J connectivity index is 1.52. The number of aliphatic hydroxyl groups is 1. The van der Waals surface area contributed by atoms with Crippen LogP contribution in [-0.4, -0.2) is 65.9 Å². The van der Waals surface area contributed by atoms with Crippen LogP contribution in [0.2, 0.25) is 0 Å². The number of hydrogen-bond donors (Lipinski definition) is 3. The lowest BCUT2D eigenvalue weighted by molar-refractivity contribution is -0.276.